The van der Waals surface area contributed by atoms with Crippen molar-refractivity contribution < 1.29 is 19.1 Å². The third-order valence-corrected chi connectivity index (χ3v) is 4.22. The van der Waals surface area contributed by atoms with Gasteiger partial charge in [-0.3, -0.25) is 9.59 Å². The van der Waals surface area contributed by atoms with Crippen LogP contribution < -0.4 is 5.32 Å². The van der Waals surface area contributed by atoms with E-state index in [9.17, 15) is 14.7 Å². The van der Waals surface area contributed by atoms with E-state index in [4.69, 9.17) is 4.42 Å². The minimum Gasteiger partial charge on any atom is -0.481 e. The van der Waals surface area contributed by atoms with Crippen LogP contribution in [0.3, 0.4) is 0 Å². The van der Waals surface area contributed by atoms with Crippen LogP contribution in [0, 0.1) is 18.3 Å². The normalized spacial score (nSPS) is 26.2. The van der Waals surface area contributed by atoms with E-state index in [0.717, 1.165) is 12.8 Å². The Morgan fingerprint density at radius 1 is 1.50 bits per heavy atom. The molecule has 6 heteroatoms. The Morgan fingerprint density at radius 2 is 2.15 bits per heavy atom. The van der Waals surface area contributed by atoms with Gasteiger partial charge in [0, 0.05) is 6.54 Å². The maximum absolute atomic E-state index is 12.0. The number of aliphatic carboxylic acids is 1. The second-order valence-corrected chi connectivity index (χ2v) is 5.72. The molecule has 6 nitrogen and oxygen atoms in total. The summed E-state index contributed by atoms with van der Waals surface area (Å²) in [7, 11) is 0. The summed E-state index contributed by atoms with van der Waals surface area (Å²) in [6.07, 6.45) is 4.16. The first kappa shape index (κ1) is 14.6. The molecular formula is C14H20N2O4. The maximum atomic E-state index is 12.0. The molecule has 0 bridgehead atoms. The summed E-state index contributed by atoms with van der Waals surface area (Å²) in [4.78, 5) is 27.4. The number of nitrogens with one attached hydrogen (secondary N) is 1. The summed E-state index contributed by atoms with van der Waals surface area (Å²) in [6.45, 7) is 3.93. The van der Waals surface area contributed by atoms with Crippen LogP contribution >= 0.6 is 0 Å². The molecule has 0 saturated heterocycles. The molecule has 0 atom stereocenters. The number of aromatic nitrogens is 1. The second kappa shape index (κ2) is 5.64. The molecule has 1 aliphatic rings. The van der Waals surface area contributed by atoms with E-state index < -0.39 is 17.3 Å². The molecule has 20 heavy (non-hydrogen) atoms. The molecule has 0 spiro atoms. The molecule has 1 saturated carbocycles. The van der Waals surface area contributed by atoms with Gasteiger partial charge < -0.3 is 14.8 Å². The van der Waals surface area contributed by atoms with Gasteiger partial charge in [0.2, 0.25) is 5.76 Å². The number of carbonyl (C=O) groups excluding carboxylic acids is 1. The lowest BCUT2D eigenvalue weighted by Gasteiger charge is -2.35. The van der Waals surface area contributed by atoms with E-state index in [-0.39, 0.29) is 12.3 Å². The lowest BCUT2D eigenvalue weighted by molar-refractivity contribution is -0.151. The van der Waals surface area contributed by atoms with Crippen LogP contribution in [0.25, 0.3) is 0 Å². The van der Waals surface area contributed by atoms with Crippen molar-refractivity contribution in [3.8, 4) is 0 Å². The SMILES string of the molecule is Cc1ncoc1C(=O)NCC1(C(=O)O)CCC(C)CC1. The average molecular weight is 280 g/mol. The number of carboxylic acids is 1. The highest BCUT2D eigenvalue weighted by Crippen LogP contribution is 2.38. The van der Waals surface area contributed by atoms with Gasteiger partial charge in [0.15, 0.2) is 6.39 Å². The molecule has 1 aromatic heterocycles. The van der Waals surface area contributed by atoms with Crippen LogP contribution in [0.15, 0.2) is 10.8 Å². The van der Waals surface area contributed by atoms with Crippen molar-refractivity contribution in [2.45, 2.75) is 39.5 Å². The van der Waals surface area contributed by atoms with E-state index in [2.05, 4.69) is 17.2 Å². The quantitative estimate of drug-likeness (QED) is 0.880. The molecule has 110 valence electrons. The smallest absolute Gasteiger partial charge is 0.311 e. The number of hydrogen-bond donors (Lipinski definition) is 2. The molecule has 2 N–H and O–H groups in total. The highest BCUT2D eigenvalue weighted by atomic mass is 16.4. The Bertz CT molecular complexity index is 501. The van der Waals surface area contributed by atoms with Crippen LogP contribution in [0.2, 0.25) is 0 Å². The first-order valence-electron chi connectivity index (χ1n) is 6.86. The Hall–Kier alpha value is -1.85. The number of nitrogens with zero attached hydrogens (tertiary/aromatic N) is 1. The van der Waals surface area contributed by atoms with Gasteiger partial charge in [0.05, 0.1) is 11.1 Å². The minimum atomic E-state index is -0.851. The van der Waals surface area contributed by atoms with Crippen LogP contribution in [0.5, 0.6) is 0 Å². The molecular weight excluding hydrogens is 260 g/mol. The van der Waals surface area contributed by atoms with Crippen molar-refractivity contribution in [1.82, 2.24) is 10.3 Å². The highest BCUT2D eigenvalue weighted by Gasteiger charge is 2.41. The van der Waals surface area contributed by atoms with Gasteiger partial charge in [-0.1, -0.05) is 6.92 Å². The van der Waals surface area contributed by atoms with Crippen molar-refractivity contribution in [1.29, 1.82) is 0 Å². The van der Waals surface area contributed by atoms with Gasteiger partial charge in [-0.15, -0.1) is 0 Å². The minimum absolute atomic E-state index is 0.133. The summed E-state index contributed by atoms with van der Waals surface area (Å²) >= 11 is 0. The third kappa shape index (κ3) is 2.84. The lowest BCUT2D eigenvalue weighted by Crippen LogP contribution is -2.45. The molecule has 1 aliphatic carbocycles. The summed E-state index contributed by atoms with van der Waals surface area (Å²) in [5.41, 5.74) is -0.347. The van der Waals surface area contributed by atoms with E-state index >= 15 is 0 Å². The van der Waals surface area contributed by atoms with Gasteiger partial charge in [0.1, 0.15) is 0 Å². The molecule has 1 heterocycles. The summed E-state index contributed by atoms with van der Waals surface area (Å²) < 4.78 is 5.01. The average Bonchev–Trinajstić information content (AvgIpc) is 2.84. The molecule has 1 amide bonds. The van der Waals surface area contributed by atoms with Gasteiger partial charge in [-0.2, -0.15) is 0 Å². The Labute approximate surface area is 117 Å². The summed E-state index contributed by atoms with van der Waals surface area (Å²) in [5, 5.41) is 12.2. The Morgan fingerprint density at radius 3 is 2.65 bits per heavy atom. The first-order valence-corrected chi connectivity index (χ1v) is 6.86. The number of aryl methyl sites for hydroxylation is 1. The van der Waals surface area contributed by atoms with Crippen molar-refractivity contribution >= 4 is 11.9 Å². The molecule has 1 fully saturated rings. The van der Waals surface area contributed by atoms with Crippen molar-refractivity contribution in [3.05, 3.63) is 17.8 Å². The van der Waals surface area contributed by atoms with Gasteiger partial charge in [-0.25, -0.2) is 4.98 Å². The van der Waals surface area contributed by atoms with Gasteiger partial charge in [-0.05, 0) is 38.5 Å². The molecule has 0 radical (unpaired) electrons. The van der Waals surface area contributed by atoms with Gasteiger partial charge >= 0.3 is 5.97 Å². The fraction of sp³-hybridized carbons (Fsp3) is 0.643. The predicted octanol–water partition coefficient (Wildman–Crippen LogP) is 1.99. The summed E-state index contributed by atoms with van der Waals surface area (Å²) in [5.74, 6) is -0.539. The third-order valence-electron chi connectivity index (χ3n) is 4.22. The maximum Gasteiger partial charge on any atom is 0.311 e. The highest BCUT2D eigenvalue weighted by molar-refractivity contribution is 5.92. The van der Waals surface area contributed by atoms with Crippen molar-refractivity contribution in [2.75, 3.05) is 6.54 Å². The molecule has 0 unspecified atom stereocenters. The zero-order valence-electron chi connectivity index (χ0n) is 11.8. The Kier molecular flexibility index (Phi) is 4.11. The number of rotatable bonds is 4. The van der Waals surface area contributed by atoms with E-state index in [1.807, 2.05) is 0 Å². The van der Waals surface area contributed by atoms with Crippen LogP contribution in [0.4, 0.5) is 0 Å². The summed E-state index contributed by atoms with van der Waals surface area (Å²) in [6, 6.07) is 0. The fourth-order valence-corrected chi connectivity index (χ4v) is 2.63. The van der Waals surface area contributed by atoms with Crippen LogP contribution in [-0.4, -0.2) is 28.5 Å². The molecule has 1 aromatic rings. The van der Waals surface area contributed by atoms with Crippen molar-refractivity contribution in [3.63, 3.8) is 0 Å². The van der Waals surface area contributed by atoms with E-state index in [1.165, 1.54) is 6.39 Å². The van der Waals surface area contributed by atoms with Crippen molar-refractivity contribution in [2.24, 2.45) is 11.3 Å². The molecule has 0 aliphatic heterocycles. The zero-order chi connectivity index (χ0) is 14.8. The largest absolute Gasteiger partial charge is 0.481 e. The zero-order valence-corrected chi connectivity index (χ0v) is 11.8. The number of carboxylic acid groups (broad SMARTS) is 1. The van der Waals surface area contributed by atoms with Crippen LogP contribution in [-0.2, 0) is 4.79 Å². The number of carbonyl (C=O) groups is 2. The Balaban J connectivity index is 2.02. The topological polar surface area (TPSA) is 92.4 Å². The van der Waals surface area contributed by atoms with E-state index in [1.54, 1.807) is 6.92 Å². The fourth-order valence-electron chi connectivity index (χ4n) is 2.63. The monoisotopic (exact) mass is 280 g/mol. The standard InChI is InChI=1S/C14H20N2O4/c1-9-3-5-14(6-4-9,13(18)19)7-15-12(17)11-10(2)16-8-20-11/h8-9H,3-7H2,1-2H3,(H,15,17)(H,18,19). The molecule has 0 aromatic carbocycles. The van der Waals surface area contributed by atoms with Gasteiger partial charge in [0.25, 0.3) is 5.91 Å². The number of oxazole rings is 1. The predicted molar refractivity (Wildman–Crippen MR) is 71.3 cm³/mol. The second-order valence-electron chi connectivity index (χ2n) is 5.72. The van der Waals surface area contributed by atoms with Crippen LogP contribution in [0.1, 0.15) is 48.9 Å². The lowest BCUT2D eigenvalue weighted by atomic mass is 9.71. The molecule has 2 rings (SSSR count). The first-order chi connectivity index (χ1) is 9.44. The number of amides is 1. The van der Waals surface area contributed by atoms with E-state index in [0.29, 0.717) is 24.5 Å². The number of hydrogen-bond acceptors (Lipinski definition) is 4.